The van der Waals surface area contributed by atoms with Gasteiger partial charge in [0, 0.05) is 31.1 Å². The van der Waals surface area contributed by atoms with Crippen LogP contribution in [-0.4, -0.2) is 47.3 Å². The van der Waals surface area contributed by atoms with E-state index >= 15 is 0 Å². The van der Waals surface area contributed by atoms with E-state index in [-0.39, 0.29) is 11.5 Å². The summed E-state index contributed by atoms with van der Waals surface area (Å²) in [6.45, 7) is 7.95. The predicted molar refractivity (Wildman–Crippen MR) is 66.3 cm³/mol. The molecule has 3 heteroatoms. The first kappa shape index (κ1) is 11.7. The highest BCUT2D eigenvalue weighted by Crippen LogP contribution is 2.41. The standard InChI is InChI=1S/C12H23NOS/c1-12(2)4-3-10(11(12)14)9-13-5-7-15-8-6-13/h10-11,14H,3-9H2,1-2H3. The second-order valence-electron chi connectivity index (χ2n) is 5.65. The first-order chi connectivity index (χ1) is 7.09. The van der Waals surface area contributed by atoms with Gasteiger partial charge in [-0.15, -0.1) is 0 Å². The fourth-order valence-electron chi connectivity index (χ4n) is 2.81. The van der Waals surface area contributed by atoms with Crippen molar-refractivity contribution in [3.8, 4) is 0 Å². The van der Waals surface area contributed by atoms with Crippen molar-refractivity contribution < 1.29 is 5.11 Å². The summed E-state index contributed by atoms with van der Waals surface area (Å²) < 4.78 is 0. The molecule has 2 fully saturated rings. The minimum absolute atomic E-state index is 0.0907. The zero-order valence-electron chi connectivity index (χ0n) is 9.91. The van der Waals surface area contributed by atoms with Gasteiger partial charge in [0.2, 0.25) is 0 Å². The predicted octanol–water partition coefficient (Wildman–Crippen LogP) is 1.83. The smallest absolute Gasteiger partial charge is 0.0631 e. The minimum atomic E-state index is -0.0907. The van der Waals surface area contributed by atoms with Crippen molar-refractivity contribution in [2.75, 3.05) is 31.1 Å². The van der Waals surface area contributed by atoms with E-state index in [2.05, 4.69) is 30.5 Å². The third-order valence-corrected chi connectivity index (χ3v) is 4.95. The molecule has 1 saturated carbocycles. The van der Waals surface area contributed by atoms with Crippen LogP contribution >= 0.6 is 11.8 Å². The van der Waals surface area contributed by atoms with Crippen LogP contribution in [0.4, 0.5) is 0 Å². The summed E-state index contributed by atoms with van der Waals surface area (Å²) >= 11 is 2.05. The summed E-state index contributed by atoms with van der Waals surface area (Å²) in [5.74, 6) is 3.06. The van der Waals surface area contributed by atoms with Crippen molar-refractivity contribution >= 4 is 11.8 Å². The van der Waals surface area contributed by atoms with Crippen LogP contribution in [0.5, 0.6) is 0 Å². The van der Waals surface area contributed by atoms with Crippen molar-refractivity contribution in [1.82, 2.24) is 4.90 Å². The van der Waals surface area contributed by atoms with Crippen molar-refractivity contribution in [3.63, 3.8) is 0 Å². The van der Waals surface area contributed by atoms with E-state index < -0.39 is 0 Å². The molecule has 15 heavy (non-hydrogen) atoms. The van der Waals surface area contributed by atoms with Gasteiger partial charge in [-0.2, -0.15) is 11.8 Å². The molecule has 2 atom stereocenters. The van der Waals surface area contributed by atoms with Crippen LogP contribution < -0.4 is 0 Å². The van der Waals surface area contributed by atoms with Gasteiger partial charge in [-0.25, -0.2) is 0 Å². The summed E-state index contributed by atoms with van der Waals surface area (Å²) in [5, 5.41) is 10.2. The van der Waals surface area contributed by atoms with E-state index in [1.807, 2.05) is 0 Å². The van der Waals surface area contributed by atoms with Crippen LogP contribution in [-0.2, 0) is 0 Å². The van der Waals surface area contributed by atoms with Crippen molar-refractivity contribution in [1.29, 1.82) is 0 Å². The lowest BCUT2D eigenvalue weighted by molar-refractivity contribution is 0.0338. The maximum Gasteiger partial charge on any atom is 0.0631 e. The van der Waals surface area contributed by atoms with Gasteiger partial charge < -0.3 is 10.0 Å². The monoisotopic (exact) mass is 229 g/mol. The molecule has 0 bridgehead atoms. The Kier molecular flexibility index (Phi) is 3.63. The lowest BCUT2D eigenvalue weighted by atomic mass is 9.87. The van der Waals surface area contributed by atoms with Crippen LogP contribution in [0.1, 0.15) is 26.7 Å². The molecule has 1 heterocycles. The number of rotatable bonds is 2. The zero-order valence-corrected chi connectivity index (χ0v) is 10.7. The fourth-order valence-corrected chi connectivity index (χ4v) is 3.79. The summed E-state index contributed by atoms with van der Waals surface area (Å²) in [4.78, 5) is 2.53. The van der Waals surface area contributed by atoms with Crippen LogP contribution in [0.3, 0.4) is 0 Å². The fraction of sp³-hybridized carbons (Fsp3) is 1.00. The second kappa shape index (κ2) is 4.64. The molecule has 2 nitrogen and oxygen atoms in total. The molecule has 1 saturated heterocycles. The second-order valence-corrected chi connectivity index (χ2v) is 6.87. The molecule has 0 spiro atoms. The van der Waals surface area contributed by atoms with Crippen LogP contribution in [0, 0.1) is 11.3 Å². The highest BCUT2D eigenvalue weighted by atomic mass is 32.2. The largest absolute Gasteiger partial charge is 0.392 e. The number of thioether (sulfide) groups is 1. The van der Waals surface area contributed by atoms with E-state index in [0.29, 0.717) is 5.92 Å². The van der Waals surface area contributed by atoms with Gasteiger partial charge in [0.15, 0.2) is 0 Å². The number of nitrogens with zero attached hydrogens (tertiary/aromatic N) is 1. The minimum Gasteiger partial charge on any atom is -0.392 e. The SMILES string of the molecule is CC1(C)CCC(CN2CCSCC2)C1O. The molecule has 0 radical (unpaired) electrons. The van der Waals surface area contributed by atoms with Crippen molar-refractivity contribution in [2.45, 2.75) is 32.8 Å². The highest BCUT2D eigenvalue weighted by Gasteiger charge is 2.41. The van der Waals surface area contributed by atoms with E-state index in [4.69, 9.17) is 0 Å². The van der Waals surface area contributed by atoms with Gasteiger partial charge >= 0.3 is 0 Å². The van der Waals surface area contributed by atoms with Gasteiger partial charge in [-0.1, -0.05) is 13.8 Å². The number of aliphatic hydroxyl groups is 1. The Morgan fingerprint density at radius 1 is 1.33 bits per heavy atom. The normalized spacial score (nSPS) is 37.0. The first-order valence-electron chi connectivity index (χ1n) is 6.08. The summed E-state index contributed by atoms with van der Waals surface area (Å²) in [6.07, 6.45) is 2.30. The summed E-state index contributed by atoms with van der Waals surface area (Å²) in [6, 6.07) is 0. The number of aliphatic hydroxyl groups excluding tert-OH is 1. The van der Waals surface area contributed by atoms with Gasteiger partial charge in [0.05, 0.1) is 6.10 Å². The molecule has 0 aromatic carbocycles. The number of hydrogen-bond acceptors (Lipinski definition) is 3. The molecule has 1 aliphatic heterocycles. The Morgan fingerprint density at radius 2 is 2.00 bits per heavy atom. The Balaban J connectivity index is 1.84. The van der Waals surface area contributed by atoms with Crippen LogP contribution in [0.15, 0.2) is 0 Å². The van der Waals surface area contributed by atoms with E-state index in [9.17, 15) is 5.11 Å². The van der Waals surface area contributed by atoms with E-state index in [1.165, 1.54) is 37.4 Å². The maximum absolute atomic E-state index is 10.2. The van der Waals surface area contributed by atoms with E-state index in [1.54, 1.807) is 0 Å². The zero-order chi connectivity index (χ0) is 10.9. The third-order valence-electron chi connectivity index (χ3n) is 4.00. The highest BCUT2D eigenvalue weighted by molar-refractivity contribution is 7.99. The molecular formula is C12H23NOS. The summed E-state index contributed by atoms with van der Waals surface area (Å²) in [7, 11) is 0. The van der Waals surface area contributed by atoms with Crippen LogP contribution in [0.2, 0.25) is 0 Å². The van der Waals surface area contributed by atoms with Gasteiger partial charge in [-0.3, -0.25) is 0 Å². The van der Waals surface area contributed by atoms with Gasteiger partial charge in [-0.05, 0) is 24.2 Å². The van der Waals surface area contributed by atoms with Gasteiger partial charge in [0.25, 0.3) is 0 Å². The third kappa shape index (κ3) is 2.69. The first-order valence-corrected chi connectivity index (χ1v) is 7.23. The van der Waals surface area contributed by atoms with Crippen molar-refractivity contribution in [2.24, 2.45) is 11.3 Å². The Hall–Kier alpha value is 0.270. The van der Waals surface area contributed by atoms with Gasteiger partial charge in [0.1, 0.15) is 0 Å². The molecular weight excluding hydrogens is 206 g/mol. The topological polar surface area (TPSA) is 23.5 Å². The quantitative estimate of drug-likeness (QED) is 0.781. The lowest BCUT2D eigenvalue weighted by Gasteiger charge is -2.32. The molecule has 1 N–H and O–H groups in total. The lowest BCUT2D eigenvalue weighted by Crippen LogP contribution is -2.40. The average molecular weight is 229 g/mol. The molecule has 0 aromatic rings. The molecule has 0 aromatic heterocycles. The Morgan fingerprint density at radius 3 is 2.53 bits per heavy atom. The summed E-state index contributed by atoms with van der Waals surface area (Å²) in [5.41, 5.74) is 0.148. The maximum atomic E-state index is 10.2. The average Bonchev–Trinajstić information content (AvgIpc) is 2.47. The molecule has 88 valence electrons. The molecule has 1 aliphatic carbocycles. The van der Waals surface area contributed by atoms with E-state index in [0.717, 1.165) is 6.54 Å². The molecule has 0 amide bonds. The molecule has 2 aliphatic rings. The molecule has 2 unspecified atom stereocenters. The number of hydrogen-bond donors (Lipinski definition) is 1. The van der Waals surface area contributed by atoms with Crippen molar-refractivity contribution in [3.05, 3.63) is 0 Å². The van der Waals surface area contributed by atoms with Crippen LogP contribution in [0.25, 0.3) is 0 Å². The molecule has 2 rings (SSSR count). The Bertz CT molecular complexity index is 214. The Labute approximate surface area is 97.4 Å².